The summed E-state index contributed by atoms with van der Waals surface area (Å²) in [6.07, 6.45) is 1.40. The lowest BCUT2D eigenvalue weighted by molar-refractivity contribution is 0.439. The third-order valence-electron chi connectivity index (χ3n) is 2.16. The van der Waals surface area contributed by atoms with Crippen molar-refractivity contribution in [2.24, 2.45) is 0 Å². The van der Waals surface area contributed by atoms with Crippen LogP contribution in [0, 0.1) is 0 Å². The van der Waals surface area contributed by atoms with Crippen LogP contribution in [0.1, 0.15) is 0 Å². The standard InChI is InChI=1S/C10H7N3O2/c11-9-4-8(13-15-9)6-2-1-3-7-10(6)14-5-12-7/h1-5H,11H2. The molecule has 3 aromatic rings. The first-order valence-electron chi connectivity index (χ1n) is 4.39. The predicted octanol–water partition coefficient (Wildman–Crippen LogP) is 2.06. The largest absolute Gasteiger partial charge is 0.443 e. The zero-order chi connectivity index (χ0) is 10.3. The van der Waals surface area contributed by atoms with E-state index in [1.807, 2.05) is 18.2 Å². The first-order valence-corrected chi connectivity index (χ1v) is 4.39. The zero-order valence-electron chi connectivity index (χ0n) is 7.68. The number of anilines is 1. The van der Waals surface area contributed by atoms with E-state index in [-0.39, 0.29) is 5.88 Å². The summed E-state index contributed by atoms with van der Waals surface area (Å²) in [6, 6.07) is 7.28. The van der Waals surface area contributed by atoms with Crippen LogP contribution in [-0.2, 0) is 0 Å². The van der Waals surface area contributed by atoms with E-state index in [0.717, 1.165) is 11.1 Å². The van der Waals surface area contributed by atoms with E-state index in [0.29, 0.717) is 11.3 Å². The molecule has 2 N–H and O–H groups in total. The van der Waals surface area contributed by atoms with Gasteiger partial charge in [0.15, 0.2) is 12.0 Å². The lowest BCUT2D eigenvalue weighted by atomic mass is 10.1. The molecule has 2 aromatic heterocycles. The number of aromatic nitrogens is 2. The van der Waals surface area contributed by atoms with Crippen LogP contribution in [0.2, 0.25) is 0 Å². The highest BCUT2D eigenvalue weighted by Gasteiger charge is 2.10. The van der Waals surface area contributed by atoms with Gasteiger partial charge in [0.1, 0.15) is 11.2 Å². The molecule has 5 heteroatoms. The molecule has 74 valence electrons. The summed E-state index contributed by atoms with van der Waals surface area (Å²) in [4.78, 5) is 4.06. The second kappa shape index (κ2) is 2.84. The van der Waals surface area contributed by atoms with Gasteiger partial charge in [0, 0.05) is 11.6 Å². The van der Waals surface area contributed by atoms with Crippen LogP contribution in [0.5, 0.6) is 0 Å². The Morgan fingerprint density at radius 1 is 1.27 bits per heavy atom. The van der Waals surface area contributed by atoms with Crippen LogP contribution < -0.4 is 5.73 Å². The van der Waals surface area contributed by atoms with Gasteiger partial charge in [-0.1, -0.05) is 11.2 Å². The van der Waals surface area contributed by atoms with Crippen molar-refractivity contribution >= 4 is 17.0 Å². The Labute approximate surface area is 84.5 Å². The SMILES string of the molecule is Nc1cc(-c2cccc3ncoc23)no1. The molecule has 0 bridgehead atoms. The fourth-order valence-electron chi connectivity index (χ4n) is 1.50. The number of benzene rings is 1. The average molecular weight is 201 g/mol. The molecular formula is C10H7N3O2. The van der Waals surface area contributed by atoms with Crippen molar-refractivity contribution in [3.63, 3.8) is 0 Å². The van der Waals surface area contributed by atoms with Crippen molar-refractivity contribution in [3.8, 4) is 11.3 Å². The van der Waals surface area contributed by atoms with Gasteiger partial charge in [0.25, 0.3) is 0 Å². The van der Waals surface area contributed by atoms with E-state index in [4.69, 9.17) is 14.7 Å². The molecule has 5 nitrogen and oxygen atoms in total. The first-order chi connectivity index (χ1) is 7.34. The highest BCUT2D eigenvalue weighted by molar-refractivity contribution is 5.88. The molecule has 0 spiro atoms. The Morgan fingerprint density at radius 3 is 3.00 bits per heavy atom. The average Bonchev–Trinajstić information content (AvgIpc) is 2.84. The van der Waals surface area contributed by atoms with Gasteiger partial charge in [0.2, 0.25) is 5.88 Å². The molecule has 0 aliphatic rings. The van der Waals surface area contributed by atoms with Crippen molar-refractivity contribution in [3.05, 3.63) is 30.7 Å². The lowest BCUT2D eigenvalue weighted by Gasteiger charge is -1.94. The Balaban J connectivity index is 2.30. The van der Waals surface area contributed by atoms with Crippen LogP contribution in [0.25, 0.3) is 22.4 Å². The van der Waals surface area contributed by atoms with Gasteiger partial charge < -0.3 is 14.7 Å². The Hall–Kier alpha value is -2.30. The van der Waals surface area contributed by atoms with E-state index in [2.05, 4.69) is 10.1 Å². The summed E-state index contributed by atoms with van der Waals surface area (Å²) >= 11 is 0. The molecule has 0 unspecified atom stereocenters. The fourth-order valence-corrected chi connectivity index (χ4v) is 1.50. The van der Waals surface area contributed by atoms with Gasteiger partial charge in [-0.2, -0.15) is 0 Å². The fraction of sp³-hybridized carbons (Fsp3) is 0. The maximum Gasteiger partial charge on any atom is 0.222 e. The van der Waals surface area contributed by atoms with Crippen molar-refractivity contribution in [2.45, 2.75) is 0 Å². The summed E-state index contributed by atoms with van der Waals surface area (Å²) < 4.78 is 10.1. The number of oxazole rings is 1. The molecule has 1 aromatic carbocycles. The zero-order valence-corrected chi connectivity index (χ0v) is 7.68. The molecule has 0 fully saturated rings. The molecule has 3 rings (SSSR count). The molecule has 0 aliphatic carbocycles. The highest BCUT2D eigenvalue weighted by Crippen LogP contribution is 2.27. The summed E-state index contributed by atoms with van der Waals surface area (Å²) in [7, 11) is 0. The Morgan fingerprint density at radius 2 is 2.20 bits per heavy atom. The van der Waals surface area contributed by atoms with Gasteiger partial charge in [-0.05, 0) is 12.1 Å². The number of rotatable bonds is 1. The summed E-state index contributed by atoms with van der Waals surface area (Å²) in [5.74, 6) is 0.279. The highest BCUT2D eigenvalue weighted by atomic mass is 16.5. The molecule has 0 saturated carbocycles. The minimum atomic E-state index is 0.279. The first kappa shape index (κ1) is 8.05. The number of nitrogens with zero attached hydrogens (tertiary/aromatic N) is 2. The van der Waals surface area contributed by atoms with E-state index in [1.165, 1.54) is 6.39 Å². The van der Waals surface area contributed by atoms with Gasteiger partial charge in [-0.3, -0.25) is 0 Å². The summed E-state index contributed by atoms with van der Waals surface area (Å²) in [6.45, 7) is 0. The van der Waals surface area contributed by atoms with E-state index in [9.17, 15) is 0 Å². The number of nitrogen functional groups attached to an aromatic ring is 1. The maximum absolute atomic E-state index is 5.46. The van der Waals surface area contributed by atoms with Crippen LogP contribution in [0.15, 0.2) is 39.6 Å². The molecule has 0 saturated heterocycles. The van der Waals surface area contributed by atoms with Gasteiger partial charge in [0.05, 0.1) is 0 Å². The third-order valence-corrected chi connectivity index (χ3v) is 2.16. The molecular weight excluding hydrogens is 194 g/mol. The number of hydrogen-bond acceptors (Lipinski definition) is 5. The third kappa shape index (κ3) is 1.17. The lowest BCUT2D eigenvalue weighted by Crippen LogP contribution is -1.78. The van der Waals surface area contributed by atoms with E-state index in [1.54, 1.807) is 6.07 Å². The number of nitrogens with two attached hydrogens (primary N) is 1. The van der Waals surface area contributed by atoms with Crippen LogP contribution in [-0.4, -0.2) is 10.1 Å². The maximum atomic E-state index is 5.46. The molecule has 2 heterocycles. The minimum Gasteiger partial charge on any atom is -0.443 e. The number of hydrogen-bond donors (Lipinski definition) is 1. The Kier molecular flexibility index (Phi) is 1.53. The molecule has 0 aliphatic heterocycles. The summed E-state index contributed by atoms with van der Waals surface area (Å²) in [5, 5.41) is 3.83. The van der Waals surface area contributed by atoms with Gasteiger partial charge in [-0.25, -0.2) is 4.98 Å². The smallest absolute Gasteiger partial charge is 0.222 e. The monoisotopic (exact) mass is 201 g/mol. The van der Waals surface area contributed by atoms with Crippen LogP contribution in [0.4, 0.5) is 5.88 Å². The normalized spacial score (nSPS) is 10.9. The molecule has 0 radical (unpaired) electrons. The minimum absolute atomic E-state index is 0.279. The predicted molar refractivity (Wildman–Crippen MR) is 53.9 cm³/mol. The molecule has 0 amide bonds. The van der Waals surface area contributed by atoms with Crippen LogP contribution in [0.3, 0.4) is 0 Å². The van der Waals surface area contributed by atoms with Crippen molar-refractivity contribution in [1.82, 2.24) is 10.1 Å². The topological polar surface area (TPSA) is 78.1 Å². The second-order valence-corrected chi connectivity index (χ2v) is 3.12. The number of fused-ring (bicyclic) bond motifs is 1. The van der Waals surface area contributed by atoms with Crippen molar-refractivity contribution < 1.29 is 8.94 Å². The second-order valence-electron chi connectivity index (χ2n) is 3.12. The van der Waals surface area contributed by atoms with E-state index >= 15 is 0 Å². The molecule has 15 heavy (non-hydrogen) atoms. The van der Waals surface area contributed by atoms with Gasteiger partial charge in [-0.15, -0.1) is 0 Å². The summed E-state index contributed by atoms with van der Waals surface area (Å²) in [5.41, 5.74) is 8.40. The van der Waals surface area contributed by atoms with Crippen molar-refractivity contribution in [1.29, 1.82) is 0 Å². The van der Waals surface area contributed by atoms with E-state index < -0.39 is 0 Å². The Bertz CT molecular complexity index is 612. The molecule has 0 atom stereocenters. The van der Waals surface area contributed by atoms with Gasteiger partial charge >= 0.3 is 0 Å². The van der Waals surface area contributed by atoms with Crippen molar-refractivity contribution in [2.75, 3.05) is 5.73 Å². The number of para-hydroxylation sites is 1. The quantitative estimate of drug-likeness (QED) is 0.651. The van der Waals surface area contributed by atoms with Crippen LogP contribution >= 0.6 is 0 Å².